The Morgan fingerprint density at radius 1 is 1.22 bits per heavy atom. The fraction of sp³-hybridized carbons (Fsp3) is 0.571. The van der Waals surface area contributed by atoms with Crippen LogP contribution in [0.5, 0.6) is 5.75 Å². The molecule has 5 rings (SSSR count). The average molecular weight is 384 g/mol. The molecule has 2 aromatic rings. The van der Waals surface area contributed by atoms with Gasteiger partial charge >= 0.3 is 0 Å². The first-order valence-electron chi connectivity index (χ1n) is 9.94. The number of aromatic nitrogens is 2. The van der Waals surface area contributed by atoms with Crippen molar-refractivity contribution in [3.05, 3.63) is 34.8 Å². The number of hydrogen-bond donors (Lipinski definition) is 1. The summed E-state index contributed by atoms with van der Waals surface area (Å²) in [6, 6.07) is 7.98. The summed E-state index contributed by atoms with van der Waals surface area (Å²) < 4.78 is 5.20. The molecule has 0 saturated heterocycles. The van der Waals surface area contributed by atoms with Crippen LogP contribution in [0.25, 0.3) is 0 Å². The van der Waals surface area contributed by atoms with Gasteiger partial charge in [0.2, 0.25) is 11.0 Å². The van der Waals surface area contributed by atoms with Crippen LogP contribution in [0.1, 0.15) is 49.1 Å². The summed E-state index contributed by atoms with van der Waals surface area (Å²) in [6.45, 7) is 0. The number of anilines is 1. The molecular formula is C21H25N3O2S. The summed E-state index contributed by atoms with van der Waals surface area (Å²) in [5.41, 5.74) is 1.04. The second kappa shape index (κ2) is 6.59. The second-order valence-electron chi connectivity index (χ2n) is 8.39. The molecule has 0 unspecified atom stereocenters. The van der Waals surface area contributed by atoms with E-state index in [-0.39, 0.29) is 11.3 Å². The van der Waals surface area contributed by atoms with Crippen LogP contribution < -0.4 is 10.1 Å². The minimum Gasteiger partial charge on any atom is -0.497 e. The van der Waals surface area contributed by atoms with Crippen molar-refractivity contribution in [2.24, 2.45) is 23.2 Å². The summed E-state index contributed by atoms with van der Waals surface area (Å²) in [7, 11) is 1.67. The fourth-order valence-electron chi connectivity index (χ4n) is 5.96. The van der Waals surface area contributed by atoms with Crippen molar-refractivity contribution in [3.8, 4) is 5.75 Å². The van der Waals surface area contributed by atoms with Crippen molar-refractivity contribution in [1.82, 2.24) is 10.2 Å². The van der Waals surface area contributed by atoms with Gasteiger partial charge < -0.3 is 10.1 Å². The van der Waals surface area contributed by atoms with Crippen LogP contribution >= 0.6 is 11.3 Å². The van der Waals surface area contributed by atoms with Gasteiger partial charge in [-0.25, -0.2) is 0 Å². The number of ether oxygens (including phenoxy) is 1. The smallest absolute Gasteiger partial charge is 0.232 e. The maximum absolute atomic E-state index is 13.3. The molecule has 3 fully saturated rings. The maximum atomic E-state index is 13.3. The lowest BCUT2D eigenvalue weighted by Gasteiger charge is -2.44. The minimum atomic E-state index is -0.120. The first kappa shape index (κ1) is 17.2. The number of nitrogens with one attached hydrogen (secondary N) is 1. The summed E-state index contributed by atoms with van der Waals surface area (Å²) in [4.78, 5) is 13.3. The van der Waals surface area contributed by atoms with Gasteiger partial charge in [-0.1, -0.05) is 29.9 Å². The van der Waals surface area contributed by atoms with E-state index >= 15 is 0 Å². The van der Waals surface area contributed by atoms with Crippen molar-refractivity contribution >= 4 is 22.4 Å². The number of nitrogens with zero attached hydrogens (tertiary/aromatic N) is 2. The molecule has 3 aliphatic rings. The number of methoxy groups -OCH3 is 1. The molecule has 142 valence electrons. The van der Waals surface area contributed by atoms with Crippen LogP contribution in [-0.2, 0) is 11.2 Å². The fourth-order valence-corrected chi connectivity index (χ4v) is 6.73. The Balaban J connectivity index is 1.28. The lowest BCUT2D eigenvalue weighted by atomic mass is 9.60. The van der Waals surface area contributed by atoms with E-state index in [1.54, 1.807) is 7.11 Å². The van der Waals surface area contributed by atoms with E-state index in [1.807, 2.05) is 24.3 Å². The highest BCUT2D eigenvalue weighted by molar-refractivity contribution is 7.15. The van der Waals surface area contributed by atoms with Crippen molar-refractivity contribution in [2.45, 2.75) is 44.9 Å². The minimum absolute atomic E-state index is 0.120. The maximum Gasteiger partial charge on any atom is 0.232 e. The van der Waals surface area contributed by atoms with Crippen molar-refractivity contribution < 1.29 is 9.53 Å². The third-order valence-electron chi connectivity index (χ3n) is 7.05. The lowest BCUT2D eigenvalue weighted by Crippen LogP contribution is -2.46. The van der Waals surface area contributed by atoms with Gasteiger partial charge in [-0.15, -0.1) is 10.2 Å². The number of rotatable bonds is 5. The van der Waals surface area contributed by atoms with Gasteiger partial charge in [0.05, 0.1) is 12.5 Å². The third-order valence-corrected chi connectivity index (χ3v) is 7.89. The van der Waals surface area contributed by atoms with Gasteiger partial charge in [-0.05, 0) is 67.6 Å². The molecule has 1 aromatic carbocycles. The van der Waals surface area contributed by atoms with Crippen LogP contribution in [0.3, 0.4) is 0 Å². The average Bonchev–Trinajstić information content (AvgIpc) is 3.36. The Bertz CT molecular complexity index is 833. The molecule has 1 heterocycles. The highest BCUT2D eigenvalue weighted by atomic mass is 32.1. The summed E-state index contributed by atoms with van der Waals surface area (Å²) in [5.74, 6) is 3.00. The molecule has 1 amide bonds. The first-order valence-corrected chi connectivity index (χ1v) is 10.8. The van der Waals surface area contributed by atoms with Crippen molar-refractivity contribution in [2.75, 3.05) is 12.4 Å². The number of carbonyl (C=O) groups excluding carboxylic acids is 1. The molecule has 6 heteroatoms. The summed E-state index contributed by atoms with van der Waals surface area (Å²) in [6.07, 6.45) is 8.05. The predicted octanol–water partition coefficient (Wildman–Crippen LogP) is 4.29. The van der Waals surface area contributed by atoms with Gasteiger partial charge in [0, 0.05) is 6.42 Å². The van der Waals surface area contributed by atoms with Crippen LogP contribution in [0.2, 0.25) is 0 Å². The zero-order valence-electron chi connectivity index (χ0n) is 15.6. The lowest BCUT2D eigenvalue weighted by molar-refractivity contribution is -0.133. The molecule has 0 aliphatic heterocycles. The SMILES string of the molecule is COc1ccc(Cc2nnc(NC(=O)C34CC5C[C@@H]3CCC[C@H]4C5)s2)cc1. The summed E-state index contributed by atoms with van der Waals surface area (Å²) >= 11 is 1.49. The van der Waals surface area contributed by atoms with Crippen LogP contribution in [0.15, 0.2) is 24.3 Å². The van der Waals surface area contributed by atoms with E-state index in [9.17, 15) is 4.79 Å². The number of carbonyl (C=O) groups is 1. The zero-order valence-corrected chi connectivity index (χ0v) is 16.4. The van der Waals surface area contributed by atoms with E-state index in [1.165, 1.54) is 43.4 Å². The van der Waals surface area contributed by atoms with Gasteiger partial charge in [-0.2, -0.15) is 0 Å². The van der Waals surface area contributed by atoms with Crippen molar-refractivity contribution in [1.29, 1.82) is 0 Å². The molecule has 3 aliphatic carbocycles. The monoisotopic (exact) mass is 383 g/mol. The number of hydrogen-bond acceptors (Lipinski definition) is 5. The Hall–Kier alpha value is -1.95. The quantitative estimate of drug-likeness (QED) is 0.836. The first-order chi connectivity index (χ1) is 13.2. The van der Waals surface area contributed by atoms with Crippen molar-refractivity contribution in [3.63, 3.8) is 0 Å². The molecule has 1 N–H and O–H groups in total. The van der Waals surface area contributed by atoms with Gasteiger partial charge in [0.25, 0.3) is 0 Å². The van der Waals surface area contributed by atoms with Crippen LogP contribution in [0.4, 0.5) is 5.13 Å². The molecule has 0 spiro atoms. The van der Waals surface area contributed by atoms with E-state index in [4.69, 9.17) is 4.74 Å². The molecule has 27 heavy (non-hydrogen) atoms. The number of amides is 1. The Labute approximate surface area is 163 Å². The summed E-state index contributed by atoms with van der Waals surface area (Å²) in [5, 5.41) is 13.2. The normalized spacial score (nSPS) is 31.1. The molecule has 5 nitrogen and oxygen atoms in total. The largest absolute Gasteiger partial charge is 0.497 e. The highest BCUT2D eigenvalue weighted by Crippen LogP contribution is 2.66. The second-order valence-corrected chi connectivity index (χ2v) is 9.45. The van der Waals surface area contributed by atoms with Gasteiger partial charge in [0.1, 0.15) is 10.8 Å². The van der Waals surface area contributed by atoms with E-state index in [2.05, 4.69) is 15.5 Å². The standard InChI is InChI=1S/C21H25N3O2S/c1-26-17-7-5-13(6-8-17)11-18-23-24-20(27-18)22-19(25)21-12-14-9-15(21)3-2-4-16(21)10-14/h5-8,14-16H,2-4,9-12H2,1H3,(H,22,24,25)/t14?,15-,16-,21?/m0/s1. The Kier molecular flexibility index (Phi) is 4.19. The Morgan fingerprint density at radius 2 is 1.96 bits per heavy atom. The Morgan fingerprint density at radius 3 is 2.67 bits per heavy atom. The molecule has 1 aromatic heterocycles. The predicted molar refractivity (Wildman–Crippen MR) is 105 cm³/mol. The van der Waals surface area contributed by atoms with Gasteiger partial charge in [0.15, 0.2) is 0 Å². The number of benzene rings is 1. The van der Waals surface area contributed by atoms with E-state index in [0.717, 1.165) is 35.1 Å². The number of fused-ring (bicyclic) bond motifs is 1. The topological polar surface area (TPSA) is 64.1 Å². The zero-order chi connectivity index (χ0) is 18.4. The molecule has 2 bridgehead atoms. The van der Waals surface area contributed by atoms with E-state index < -0.39 is 0 Å². The molecule has 3 saturated carbocycles. The van der Waals surface area contributed by atoms with Gasteiger partial charge in [-0.3, -0.25) is 4.79 Å². The van der Waals surface area contributed by atoms with Crippen LogP contribution in [0, 0.1) is 23.2 Å². The molecular weight excluding hydrogens is 358 g/mol. The highest BCUT2D eigenvalue weighted by Gasteiger charge is 2.62. The molecule has 0 radical (unpaired) electrons. The van der Waals surface area contributed by atoms with Crippen LogP contribution in [-0.4, -0.2) is 23.2 Å². The molecule has 2 atom stereocenters. The third kappa shape index (κ3) is 2.85. The van der Waals surface area contributed by atoms with E-state index in [0.29, 0.717) is 17.0 Å².